The van der Waals surface area contributed by atoms with E-state index in [0.717, 1.165) is 46.7 Å². The Morgan fingerprint density at radius 2 is 1.81 bits per heavy atom. The molecule has 2 aromatic carbocycles. The van der Waals surface area contributed by atoms with Gasteiger partial charge in [0.05, 0.1) is 17.7 Å². The third-order valence-electron chi connectivity index (χ3n) is 4.10. The summed E-state index contributed by atoms with van der Waals surface area (Å²) in [7, 11) is 0. The van der Waals surface area contributed by atoms with Crippen LogP contribution >= 0.6 is 15.9 Å². The minimum atomic E-state index is 0.161. The molecule has 0 bridgehead atoms. The van der Waals surface area contributed by atoms with E-state index in [-0.39, 0.29) is 6.61 Å². The molecule has 0 radical (unpaired) electrons. The second kappa shape index (κ2) is 12.0. The number of rotatable bonds is 12. The molecule has 6 heteroatoms. The second-order valence-corrected chi connectivity index (χ2v) is 7.06. The lowest BCUT2D eigenvalue weighted by Gasteiger charge is -2.16. The highest BCUT2D eigenvalue weighted by molar-refractivity contribution is 9.10. The Morgan fingerprint density at radius 3 is 2.56 bits per heavy atom. The van der Waals surface area contributed by atoms with E-state index in [0.29, 0.717) is 19.8 Å². The summed E-state index contributed by atoms with van der Waals surface area (Å²) >= 11 is 3.63. The first-order valence-corrected chi connectivity index (χ1v) is 10.1. The van der Waals surface area contributed by atoms with E-state index in [2.05, 4.69) is 51.7 Å². The van der Waals surface area contributed by atoms with Crippen LogP contribution in [0.4, 0.5) is 0 Å². The van der Waals surface area contributed by atoms with Crippen molar-refractivity contribution in [3.05, 3.63) is 57.6 Å². The molecule has 0 amide bonds. The normalized spacial score (nSPS) is 10.8. The van der Waals surface area contributed by atoms with Gasteiger partial charge in [-0.25, -0.2) is 0 Å². The van der Waals surface area contributed by atoms with Crippen molar-refractivity contribution in [3.63, 3.8) is 0 Å². The van der Waals surface area contributed by atoms with E-state index in [1.807, 2.05) is 25.1 Å². The van der Waals surface area contributed by atoms with Gasteiger partial charge in [0, 0.05) is 26.2 Å². The van der Waals surface area contributed by atoms with Crippen LogP contribution in [0.3, 0.4) is 0 Å². The molecule has 0 saturated carbocycles. The molecule has 0 aliphatic rings. The van der Waals surface area contributed by atoms with Crippen LogP contribution in [0.5, 0.6) is 11.5 Å². The van der Waals surface area contributed by atoms with Crippen LogP contribution in [0, 0.1) is 6.92 Å². The zero-order valence-corrected chi connectivity index (χ0v) is 17.6. The Kier molecular flexibility index (Phi) is 9.62. The highest BCUT2D eigenvalue weighted by Crippen LogP contribution is 2.37. The lowest BCUT2D eigenvalue weighted by molar-refractivity contribution is 0.267. The molecule has 0 saturated heterocycles. The molecule has 0 unspecified atom stereocenters. The first kappa shape index (κ1) is 21.7. The van der Waals surface area contributed by atoms with Crippen molar-refractivity contribution in [1.82, 2.24) is 10.6 Å². The first-order chi connectivity index (χ1) is 13.2. The van der Waals surface area contributed by atoms with Crippen molar-refractivity contribution in [1.29, 1.82) is 0 Å². The number of aryl methyl sites for hydroxylation is 1. The van der Waals surface area contributed by atoms with Crippen LogP contribution in [-0.4, -0.2) is 38.0 Å². The van der Waals surface area contributed by atoms with Crippen LogP contribution in [-0.2, 0) is 13.2 Å². The van der Waals surface area contributed by atoms with Gasteiger partial charge in [-0.15, -0.1) is 0 Å². The molecule has 0 aliphatic heterocycles. The number of halogens is 1. The largest absolute Gasteiger partial charge is 0.490 e. The molecule has 3 N–H and O–H groups in total. The van der Waals surface area contributed by atoms with Crippen molar-refractivity contribution in [2.45, 2.75) is 27.0 Å². The topological polar surface area (TPSA) is 62.8 Å². The summed E-state index contributed by atoms with van der Waals surface area (Å²) in [4.78, 5) is 0. The molecule has 2 aromatic rings. The molecule has 0 aliphatic carbocycles. The van der Waals surface area contributed by atoms with Gasteiger partial charge in [0.1, 0.15) is 6.61 Å². The maximum absolute atomic E-state index is 8.76. The van der Waals surface area contributed by atoms with E-state index in [1.165, 1.54) is 5.56 Å². The number of nitrogens with one attached hydrogen (secondary N) is 2. The summed E-state index contributed by atoms with van der Waals surface area (Å²) in [6.45, 7) is 8.29. The zero-order valence-electron chi connectivity index (χ0n) is 16.1. The van der Waals surface area contributed by atoms with Crippen molar-refractivity contribution in [3.8, 4) is 11.5 Å². The molecular weight excluding hydrogens is 408 g/mol. The third-order valence-corrected chi connectivity index (χ3v) is 4.69. The van der Waals surface area contributed by atoms with Gasteiger partial charge in [-0.05, 0) is 58.6 Å². The Balaban J connectivity index is 2.01. The molecule has 0 aromatic heterocycles. The number of hydrogen-bond donors (Lipinski definition) is 3. The summed E-state index contributed by atoms with van der Waals surface area (Å²) in [5, 5.41) is 15.3. The van der Waals surface area contributed by atoms with Crippen LogP contribution in [0.2, 0.25) is 0 Å². The number of aliphatic hydroxyl groups is 1. The molecule has 0 atom stereocenters. The second-order valence-electron chi connectivity index (χ2n) is 6.20. The molecule has 148 valence electrons. The fourth-order valence-electron chi connectivity index (χ4n) is 2.66. The zero-order chi connectivity index (χ0) is 19.5. The minimum Gasteiger partial charge on any atom is -0.490 e. The monoisotopic (exact) mass is 436 g/mol. The third kappa shape index (κ3) is 7.14. The fourth-order valence-corrected chi connectivity index (χ4v) is 3.27. The molecule has 0 heterocycles. The summed E-state index contributed by atoms with van der Waals surface area (Å²) in [5.41, 5.74) is 3.49. The maximum Gasteiger partial charge on any atom is 0.175 e. The van der Waals surface area contributed by atoms with Gasteiger partial charge in [-0.1, -0.05) is 24.3 Å². The van der Waals surface area contributed by atoms with E-state index in [9.17, 15) is 0 Å². The molecule has 2 rings (SSSR count). The van der Waals surface area contributed by atoms with Gasteiger partial charge in [-0.3, -0.25) is 0 Å². The number of aliphatic hydroxyl groups excluding tert-OH is 1. The summed E-state index contributed by atoms with van der Waals surface area (Å²) in [6, 6.07) is 12.3. The highest BCUT2D eigenvalue weighted by Gasteiger charge is 2.13. The predicted octanol–water partition coefficient (Wildman–Crippen LogP) is 3.41. The lowest BCUT2D eigenvalue weighted by atomic mass is 10.1. The Hall–Kier alpha value is -1.60. The average molecular weight is 437 g/mol. The maximum atomic E-state index is 8.76. The summed E-state index contributed by atoms with van der Waals surface area (Å²) in [5.74, 6) is 1.48. The van der Waals surface area contributed by atoms with Gasteiger partial charge in [0.2, 0.25) is 0 Å². The minimum absolute atomic E-state index is 0.161. The van der Waals surface area contributed by atoms with Gasteiger partial charge in [0.15, 0.2) is 11.5 Å². The van der Waals surface area contributed by atoms with Crippen LogP contribution in [0.25, 0.3) is 0 Å². The van der Waals surface area contributed by atoms with E-state index in [4.69, 9.17) is 14.6 Å². The summed E-state index contributed by atoms with van der Waals surface area (Å²) in [6.07, 6.45) is 0. The van der Waals surface area contributed by atoms with E-state index < -0.39 is 0 Å². The number of ether oxygens (including phenoxy) is 2. The van der Waals surface area contributed by atoms with Crippen molar-refractivity contribution >= 4 is 15.9 Å². The molecule has 0 spiro atoms. The van der Waals surface area contributed by atoms with Gasteiger partial charge >= 0.3 is 0 Å². The molecule has 0 fully saturated rings. The average Bonchev–Trinajstić information content (AvgIpc) is 2.65. The Labute approximate surface area is 170 Å². The van der Waals surface area contributed by atoms with E-state index in [1.54, 1.807) is 0 Å². The van der Waals surface area contributed by atoms with Gasteiger partial charge in [-0.2, -0.15) is 0 Å². The van der Waals surface area contributed by atoms with Crippen molar-refractivity contribution in [2.24, 2.45) is 0 Å². The Morgan fingerprint density at radius 1 is 1.04 bits per heavy atom. The summed E-state index contributed by atoms with van der Waals surface area (Å²) < 4.78 is 12.8. The molecule has 27 heavy (non-hydrogen) atoms. The van der Waals surface area contributed by atoms with Crippen molar-refractivity contribution < 1.29 is 14.6 Å². The quantitative estimate of drug-likeness (QED) is 0.445. The number of benzene rings is 2. The van der Waals surface area contributed by atoms with Crippen LogP contribution in [0.1, 0.15) is 23.6 Å². The van der Waals surface area contributed by atoms with Gasteiger partial charge in [0.25, 0.3) is 0 Å². The predicted molar refractivity (Wildman–Crippen MR) is 112 cm³/mol. The smallest absolute Gasteiger partial charge is 0.175 e. The SMILES string of the molecule is CCOc1cc(CNCCNCCO)cc(Br)c1OCc1ccccc1C. The van der Waals surface area contributed by atoms with Crippen LogP contribution < -0.4 is 20.1 Å². The van der Waals surface area contributed by atoms with Crippen molar-refractivity contribution in [2.75, 3.05) is 32.8 Å². The molecular formula is C21H29BrN2O3. The van der Waals surface area contributed by atoms with E-state index >= 15 is 0 Å². The first-order valence-electron chi connectivity index (χ1n) is 9.30. The molecule has 5 nitrogen and oxygen atoms in total. The van der Waals surface area contributed by atoms with Gasteiger partial charge < -0.3 is 25.2 Å². The van der Waals surface area contributed by atoms with Crippen LogP contribution in [0.15, 0.2) is 40.9 Å². The lowest BCUT2D eigenvalue weighted by Crippen LogP contribution is -2.28. The standard InChI is InChI=1S/C21H29BrN2O3/c1-3-26-20-13-17(14-24-9-8-23-10-11-25)12-19(22)21(20)27-15-18-7-5-4-6-16(18)2/h4-7,12-13,23-25H,3,8-11,14-15H2,1-2H3. The Bertz CT molecular complexity index is 710. The highest BCUT2D eigenvalue weighted by atomic mass is 79.9. The fraction of sp³-hybridized carbons (Fsp3) is 0.429. The number of hydrogen-bond acceptors (Lipinski definition) is 5.